The SMILES string of the molecule is CC(C)(C)C1CCN(C(=O)[C@@H]2CCCCN2)CC1.Cl. The maximum atomic E-state index is 12.4. The van der Waals surface area contributed by atoms with Crippen molar-refractivity contribution in [2.24, 2.45) is 11.3 Å². The van der Waals surface area contributed by atoms with E-state index in [0.29, 0.717) is 11.3 Å². The molecule has 0 aromatic carbocycles. The molecule has 2 rings (SSSR count). The highest BCUT2D eigenvalue weighted by Gasteiger charge is 2.32. The molecule has 19 heavy (non-hydrogen) atoms. The third-order valence-corrected chi connectivity index (χ3v) is 4.64. The summed E-state index contributed by atoms with van der Waals surface area (Å²) >= 11 is 0. The van der Waals surface area contributed by atoms with E-state index in [2.05, 4.69) is 31.0 Å². The second-order valence-corrected chi connectivity index (χ2v) is 6.97. The van der Waals surface area contributed by atoms with Crippen LogP contribution in [0.3, 0.4) is 0 Å². The van der Waals surface area contributed by atoms with Gasteiger partial charge in [0.05, 0.1) is 6.04 Å². The van der Waals surface area contributed by atoms with Crippen LogP contribution in [0.4, 0.5) is 0 Å². The number of amides is 1. The van der Waals surface area contributed by atoms with E-state index in [-0.39, 0.29) is 18.4 Å². The quantitative estimate of drug-likeness (QED) is 0.805. The zero-order valence-electron chi connectivity index (χ0n) is 12.6. The van der Waals surface area contributed by atoms with Crippen LogP contribution in [0, 0.1) is 11.3 Å². The molecule has 0 unspecified atom stereocenters. The van der Waals surface area contributed by atoms with Gasteiger partial charge >= 0.3 is 0 Å². The number of carbonyl (C=O) groups excluding carboxylic acids is 1. The van der Waals surface area contributed by atoms with Gasteiger partial charge in [-0.05, 0) is 43.6 Å². The molecule has 0 spiro atoms. The molecule has 0 radical (unpaired) electrons. The zero-order chi connectivity index (χ0) is 13.2. The smallest absolute Gasteiger partial charge is 0.239 e. The van der Waals surface area contributed by atoms with Gasteiger partial charge in [-0.1, -0.05) is 27.2 Å². The monoisotopic (exact) mass is 288 g/mol. The fraction of sp³-hybridized carbons (Fsp3) is 0.933. The average Bonchev–Trinajstić information content (AvgIpc) is 2.38. The average molecular weight is 289 g/mol. The molecule has 2 aliphatic rings. The lowest BCUT2D eigenvalue weighted by Crippen LogP contribution is -2.51. The van der Waals surface area contributed by atoms with Crippen LogP contribution < -0.4 is 5.32 Å². The summed E-state index contributed by atoms with van der Waals surface area (Å²) in [5, 5.41) is 3.37. The minimum atomic E-state index is 0. The zero-order valence-corrected chi connectivity index (χ0v) is 13.4. The lowest BCUT2D eigenvalue weighted by molar-refractivity contribution is -0.136. The van der Waals surface area contributed by atoms with Crippen molar-refractivity contribution in [3.05, 3.63) is 0 Å². The van der Waals surface area contributed by atoms with E-state index in [0.717, 1.165) is 32.0 Å². The summed E-state index contributed by atoms with van der Waals surface area (Å²) in [5.74, 6) is 1.11. The number of hydrogen-bond donors (Lipinski definition) is 1. The van der Waals surface area contributed by atoms with Crippen LogP contribution in [0.25, 0.3) is 0 Å². The Kier molecular flexibility index (Phi) is 6.13. The van der Waals surface area contributed by atoms with Crippen LogP contribution in [0.2, 0.25) is 0 Å². The molecule has 2 heterocycles. The van der Waals surface area contributed by atoms with Gasteiger partial charge in [-0.2, -0.15) is 0 Å². The normalized spacial score (nSPS) is 25.8. The Bertz CT molecular complexity index is 287. The molecular formula is C15H29ClN2O. The van der Waals surface area contributed by atoms with Gasteiger partial charge in [0.1, 0.15) is 0 Å². The number of piperidine rings is 2. The Labute approximate surface area is 123 Å². The summed E-state index contributed by atoms with van der Waals surface area (Å²) in [6.45, 7) is 9.88. The van der Waals surface area contributed by atoms with Crippen molar-refractivity contribution in [2.45, 2.75) is 58.9 Å². The largest absolute Gasteiger partial charge is 0.341 e. The first kappa shape index (κ1) is 16.8. The molecule has 1 amide bonds. The summed E-state index contributed by atoms with van der Waals surface area (Å²) in [6, 6.07) is 0.102. The van der Waals surface area contributed by atoms with Crippen molar-refractivity contribution in [2.75, 3.05) is 19.6 Å². The molecule has 4 heteroatoms. The third-order valence-electron chi connectivity index (χ3n) is 4.64. The first-order chi connectivity index (χ1) is 8.48. The Hall–Kier alpha value is -0.280. The van der Waals surface area contributed by atoms with Gasteiger partial charge in [-0.3, -0.25) is 4.79 Å². The van der Waals surface area contributed by atoms with Gasteiger partial charge in [0.25, 0.3) is 0 Å². The van der Waals surface area contributed by atoms with Gasteiger partial charge in [-0.15, -0.1) is 12.4 Å². The van der Waals surface area contributed by atoms with Crippen molar-refractivity contribution in [3.63, 3.8) is 0 Å². The molecule has 3 nitrogen and oxygen atoms in total. The predicted molar refractivity (Wildman–Crippen MR) is 81.6 cm³/mol. The van der Waals surface area contributed by atoms with Crippen LogP contribution in [-0.4, -0.2) is 36.5 Å². The van der Waals surface area contributed by atoms with E-state index in [1.807, 2.05) is 0 Å². The number of hydrogen-bond acceptors (Lipinski definition) is 2. The molecule has 2 aliphatic heterocycles. The molecule has 0 aromatic rings. The number of halogens is 1. The number of rotatable bonds is 1. The maximum Gasteiger partial charge on any atom is 0.239 e. The van der Waals surface area contributed by atoms with Gasteiger partial charge in [-0.25, -0.2) is 0 Å². The van der Waals surface area contributed by atoms with Crippen LogP contribution in [0.5, 0.6) is 0 Å². The second-order valence-electron chi connectivity index (χ2n) is 6.97. The predicted octanol–water partition coefficient (Wildman–Crippen LogP) is 2.84. The molecule has 2 fully saturated rings. The molecule has 0 aromatic heterocycles. The van der Waals surface area contributed by atoms with Crippen LogP contribution >= 0.6 is 12.4 Å². The lowest BCUT2D eigenvalue weighted by atomic mass is 9.75. The van der Waals surface area contributed by atoms with E-state index in [9.17, 15) is 4.79 Å². The molecule has 112 valence electrons. The molecule has 2 saturated heterocycles. The number of nitrogens with zero attached hydrogens (tertiary/aromatic N) is 1. The maximum absolute atomic E-state index is 12.4. The fourth-order valence-electron chi connectivity index (χ4n) is 3.25. The van der Waals surface area contributed by atoms with Crippen molar-refractivity contribution < 1.29 is 4.79 Å². The van der Waals surface area contributed by atoms with Gasteiger partial charge in [0.2, 0.25) is 5.91 Å². The Morgan fingerprint density at radius 1 is 1.11 bits per heavy atom. The minimum Gasteiger partial charge on any atom is -0.341 e. The number of carbonyl (C=O) groups is 1. The van der Waals surface area contributed by atoms with Crippen molar-refractivity contribution in [3.8, 4) is 0 Å². The van der Waals surface area contributed by atoms with E-state index >= 15 is 0 Å². The van der Waals surface area contributed by atoms with Crippen molar-refractivity contribution in [1.29, 1.82) is 0 Å². The van der Waals surface area contributed by atoms with Crippen LogP contribution in [0.1, 0.15) is 52.9 Å². The Morgan fingerprint density at radius 3 is 2.21 bits per heavy atom. The first-order valence-corrected chi connectivity index (χ1v) is 7.50. The van der Waals surface area contributed by atoms with Crippen LogP contribution in [-0.2, 0) is 4.79 Å². The minimum absolute atomic E-state index is 0. The highest BCUT2D eigenvalue weighted by molar-refractivity contribution is 5.85. The highest BCUT2D eigenvalue weighted by Crippen LogP contribution is 2.34. The third kappa shape index (κ3) is 4.35. The topological polar surface area (TPSA) is 32.3 Å². The molecule has 0 bridgehead atoms. The summed E-state index contributed by atoms with van der Waals surface area (Å²) in [5.41, 5.74) is 0.387. The molecule has 0 aliphatic carbocycles. The first-order valence-electron chi connectivity index (χ1n) is 7.50. The highest BCUT2D eigenvalue weighted by atomic mass is 35.5. The molecular weight excluding hydrogens is 260 g/mol. The second kappa shape index (κ2) is 6.94. The van der Waals surface area contributed by atoms with Crippen molar-refractivity contribution in [1.82, 2.24) is 10.2 Å². The standard InChI is InChI=1S/C15H28N2O.ClH/c1-15(2,3)12-7-10-17(11-8-12)14(18)13-6-4-5-9-16-13;/h12-13,16H,4-11H2,1-3H3;1H/t13-;/m0./s1. The van der Waals surface area contributed by atoms with E-state index in [4.69, 9.17) is 0 Å². The van der Waals surface area contributed by atoms with E-state index in [1.54, 1.807) is 0 Å². The lowest BCUT2D eigenvalue weighted by Gasteiger charge is -2.40. The number of likely N-dealkylation sites (tertiary alicyclic amines) is 1. The summed E-state index contributed by atoms with van der Waals surface area (Å²) in [4.78, 5) is 14.5. The molecule has 1 atom stereocenters. The summed E-state index contributed by atoms with van der Waals surface area (Å²) in [6.07, 6.45) is 5.78. The summed E-state index contributed by atoms with van der Waals surface area (Å²) in [7, 11) is 0. The van der Waals surface area contributed by atoms with Crippen molar-refractivity contribution >= 4 is 18.3 Å². The molecule has 0 saturated carbocycles. The van der Waals surface area contributed by atoms with Gasteiger partial charge in [0.15, 0.2) is 0 Å². The van der Waals surface area contributed by atoms with E-state index < -0.39 is 0 Å². The van der Waals surface area contributed by atoms with Gasteiger partial charge in [0, 0.05) is 13.1 Å². The van der Waals surface area contributed by atoms with E-state index in [1.165, 1.54) is 25.7 Å². The fourth-order valence-corrected chi connectivity index (χ4v) is 3.25. The summed E-state index contributed by atoms with van der Waals surface area (Å²) < 4.78 is 0. The van der Waals surface area contributed by atoms with Gasteiger partial charge < -0.3 is 10.2 Å². The van der Waals surface area contributed by atoms with Crippen LogP contribution in [0.15, 0.2) is 0 Å². The molecule has 1 N–H and O–H groups in total. The number of nitrogens with one attached hydrogen (secondary N) is 1. The Balaban J connectivity index is 0.00000180. The Morgan fingerprint density at radius 2 is 1.74 bits per heavy atom.